The van der Waals surface area contributed by atoms with E-state index in [1.807, 2.05) is 0 Å². The van der Waals surface area contributed by atoms with Crippen LogP contribution in [0.25, 0.3) is 0 Å². The zero-order valence-electron chi connectivity index (χ0n) is 18.9. The molecular formula is C26H42O3. The van der Waals surface area contributed by atoms with E-state index in [0.717, 1.165) is 5.92 Å². The third-order valence-corrected chi connectivity index (χ3v) is 10.1. The molecule has 0 saturated heterocycles. The molecule has 0 radical (unpaired) electrons. The van der Waals surface area contributed by atoms with Crippen molar-refractivity contribution in [3.63, 3.8) is 0 Å². The number of allylic oxidation sites excluding steroid dienone is 2. The van der Waals surface area contributed by atoms with Crippen molar-refractivity contribution in [2.45, 2.75) is 97.7 Å². The number of fused-ring (bicyclic) bond motifs is 5. The number of hydrogen-bond donors (Lipinski definition) is 2. The Labute approximate surface area is 177 Å². The first-order valence-electron chi connectivity index (χ1n) is 12.3. The van der Waals surface area contributed by atoms with Crippen molar-refractivity contribution < 1.29 is 15.0 Å². The Morgan fingerprint density at radius 2 is 1.83 bits per heavy atom. The number of Topliss-reactive ketones (excluding diaryl/α,β-unsaturated/α-hetero) is 1. The summed E-state index contributed by atoms with van der Waals surface area (Å²) in [5, 5.41) is 20.7. The highest BCUT2D eigenvalue weighted by Crippen LogP contribution is 2.67. The lowest BCUT2D eigenvalue weighted by molar-refractivity contribution is -0.173. The van der Waals surface area contributed by atoms with Crippen molar-refractivity contribution in [2.24, 2.45) is 46.3 Å². The predicted octanol–water partition coefficient (Wildman–Crippen LogP) is 5.15. The fraction of sp³-hybridized carbons (Fsp3) is 0.885. The zero-order chi connectivity index (χ0) is 21.0. The van der Waals surface area contributed by atoms with E-state index in [1.165, 1.54) is 38.5 Å². The molecule has 3 nitrogen and oxygen atoms in total. The van der Waals surface area contributed by atoms with E-state index >= 15 is 0 Å². The number of aliphatic hydroxyl groups excluding tert-OH is 2. The van der Waals surface area contributed by atoms with Crippen LogP contribution >= 0.6 is 0 Å². The van der Waals surface area contributed by atoms with Crippen LogP contribution in [0.5, 0.6) is 0 Å². The molecule has 4 saturated carbocycles. The molecule has 0 heterocycles. The van der Waals surface area contributed by atoms with Crippen molar-refractivity contribution in [3.8, 4) is 0 Å². The number of carbonyl (C=O) groups is 1. The molecule has 4 fully saturated rings. The quantitative estimate of drug-likeness (QED) is 0.640. The highest BCUT2D eigenvalue weighted by atomic mass is 16.3. The highest BCUT2D eigenvalue weighted by Gasteiger charge is 2.63. The van der Waals surface area contributed by atoms with Gasteiger partial charge in [0.05, 0.1) is 12.2 Å². The largest absolute Gasteiger partial charge is 0.390 e. The Morgan fingerprint density at radius 1 is 1.10 bits per heavy atom. The average molecular weight is 403 g/mol. The van der Waals surface area contributed by atoms with Gasteiger partial charge in [-0.1, -0.05) is 46.3 Å². The standard InChI is InChI=1S/C26H42O3/c1-5-6-7-8-16(2)18-9-10-19-17-13-22(27)21-14-23(28)24(29)15-26(21,4)20(17)11-12-25(18,19)3/h7-8,16-21,23-24,28-29H,5-6,9-15H2,1-4H3/b8-7+/t16-,17?,18?,19?,20?,21-,23+,24-,25?,26?/m1/s1. The Hall–Kier alpha value is -0.670. The van der Waals surface area contributed by atoms with Crippen LogP contribution in [0.2, 0.25) is 0 Å². The van der Waals surface area contributed by atoms with Gasteiger partial charge < -0.3 is 10.2 Å². The predicted molar refractivity (Wildman–Crippen MR) is 116 cm³/mol. The molecular weight excluding hydrogens is 360 g/mol. The lowest BCUT2D eigenvalue weighted by atomic mass is 9.44. The van der Waals surface area contributed by atoms with Crippen LogP contribution in [0.3, 0.4) is 0 Å². The Morgan fingerprint density at radius 3 is 2.55 bits per heavy atom. The smallest absolute Gasteiger partial charge is 0.136 e. The molecule has 0 aromatic carbocycles. The van der Waals surface area contributed by atoms with Gasteiger partial charge in [0.1, 0.15) is 5.78 Å². The highest BCUT2D eigenvalue weighted by molar-refractivity contribution is 5.83. The Bertz CT molecular complexity index is 656. The van der Waals surface area contributed by atoms with E-state index in [4.69, 9.17) is 0 Å². The van der Waals surface area contributed by atoms with Gasteiger partial charge in [-0.2, -0.15) is 0 Å². The molecule has 0 spiro atoms. The zero-order valence-corrected chi connectivity index (χ0v) is 18.9. The maximum absolute atomic E-state index is 13.2. The van der Waals surface area contributed by atoms with Crippen LogP contribution in [0.4, 0.5) is 0 Å². The van der Waals surface area contributed by atoms with Crippen molar-refractivity contribution in [3.05, 3.63) is 12.2 Å². The van der Waals surface area contributed by atoms with Crippen LogP contribution < -0.4 is 0 Å². The summed E-state index contributed by atoms with van der Waals surface area (Å²) in [6, 6.07) is 0. The topological polar surface area (TPSA) is 57.5 Å². The van der Waals surface area contributed by atoms with Crippen LogP contribution in [-0.2, 0) is 4.79 Å². The van der Waals surface area contributed by atoms with Crippen LogP contribution in [-0.4, -0.2) is 28.2 Å². The second-order valence-corrected chi connectivity index (χ2v) is 11.5. The molecule has 4 aliphatic carbocycles. The normalized spacial score (nSPS) is 50.8. The SMILES string of the molecule is CCC/C=C/[C@@H](C)C1CCC2C3CC(=O)[C@H]4C[C@H](O)[C@H](O)CC4(C)C3CCC21C. The molecule has 6 unspecified atom stereocenters. The van der Waals surface area contributed by atoms with Gasteiger partial charge in [0.25, 0.3) is 0 Å². The van der Waals surface area contributed by atoms with Gasteiger partial charge in [-0.25, -0.2) is 0 Å². The molecule has 4 rings (SSSR count). The van der Waals surface area contributed by atoms with Crippen LogP contribution in [0.15, 0.2) is 12.2 Å². The van der Waals surface area contributed by atoms with Crippen molar-refractivity contribution in [1.82, 2.24) is 0 Å². The van der Waals surface area contributed by atoms with Crippen molar-refractivity contribution in [1.29, 1.82) is 0 Å². The first-order chi connectivity index (χ1) is 13.7. The van der Waals surface area contributed by atoms with Crippen molar-refractivity contribution in [2.75, 3.05) is 0 Å². The molecule has 0 aliphatic heterocycles. The van der Waals surface area contributed by atoms with Gasteiger partial charge in [0.2, 0.25) is 0 Å². The fourth-order valence-electron chi connectivity index (χ4n) is 8.59. The van der Waals surface area contributed by atoms with Gasteiger partial charge in [-0.15, -0.1) is 0 Å². The van der Waals surface area contributed by atoms with Crippen molar-refractivity contribution >= 4 is 5.78 Å². The van der Waals surface area contributed by atoms with Gasteiger partial charge in [0, 0.05) is 12.3 Å². The number of rotatable bonds is 4. The number of ketones is 1. The summed E-state index contributed by atoms with van der Waals surface area (Å²) in [5.41, 5.74) is 0.206. The first-order valence-corrected chi connectivity index (χ1v) is 12.3. The monoisotopic (exact) mass is 402 g/mol. The molecule has 29 heavy (non-hydrogen) atoms. The summed E-state index contributed by atoms with van der Waals surface area (Å²) in [6.45, 7) is 9.41. The molecule has 164 valence electrons. The summed E-state index contributed by atoms with van der Waals surface area (Å²) in [6.07, 6.45) is 12.6. The van der Waals surface area contributed by atoms with Gasteiger partial charge >= 0.3 is 0 Å². The molecule has 0 amide bonds. The number of aliphatic hydroxyl groups is 2. The van der Waals surface area contributed by atoms with E-state index in [1.54, 1.807) is 0 Å². The molecule has 0 aromatic heterocycles. The van der Waals surface area contributed by atoms with Crippen LogP contribution in [0, 0.1) is 46.3 Å². The maximum Gasteiger partial charge on any atom is 0.136 e. The second kappa shape index (κ2) is 7.79. The fourth-order valence-corrected chi connectivity index (χ4v) is 8.59. The molecule has 0 bridgehead atoms. The van der Waals surface area contributed by atoms with E-state index in [-0.39, 0.29) is 11.3 Å². The summed E-state index contributed by atoms with van der Waals surface area (Å²) in [4.78, 5) is 13.2. The first kappa shape index (κ1) is 21.6. The van der Waals surface area contributed by atoms with E-state index in [0.29, 0.717) is 54.1 Å². The number of carbonyl (C=O) groups excluding carboxylic acids is 1. The molecule has 0 aromatic rings. The van der Waals surface area contributed by atoms with Gasteiger partial charge in [0.15, 0.2) is 0 Å². The number of unbranched alkanes of at least 4 members (excludes halogenated alkanes) is 1. The molecule has 10 atom stereocenters. The lowest BCUT2D eigenvalue weighted by Crippen LogP contribution is -2.59. The Kier molecular flexibility index (Phi) is 5.79. The average Bonchev–Trinajstić information content (AvgIpc) is 3.02. The minimum atomic E-state index is -0.728. The van der Waals surface area contributed by atoms with E-state index in [9.17, 15) is 15.0 Å². The lowest BCUT2D eigenvalue weighted by Gasteiger charge is -2.60. The minimum Gasteiger partial charge on any atom is -0.390 e. The third-order valence-electron chi connectivity index (χ3n) is 10.1. The van der Waals surface area contributed by atoms with Crippen LogP contribution in [0.1, 0.15) is 85.5 Å². The summed E-state index contributed by atoms with van der Waals surface area (Å²) in [7, 11) is 0. The summed E-state index contributed by atoms with van der Waals surface area (Å²) >= 11 is 0. The van der Waals surface area contributed by atoms with Gasteiger partial charge in [-0.3, -0.25) is 4.79 Å². The summed E-state index contributed by atoms with van der Waals surface area (Å²) in [5.74, 6) is 3.28. The van der Waals surface area contributed by atoms with Gasteiger partial charge in [-0.05, 0) is 85.4 Å². The van der Waals surface area contributed by atoms with E-state index < -0.39 is 12.2 Å². The second-order valence-electron chi connectivity index (χ2n) is 11.5. The molecule has 3 heteroatoms. The summed E-state index contributed by atoms with van der Waals surface area (Å²) < 4.78 is 0. The van der Waals surface area contributed by atoms with E-state index in [2.05, 4.69) is 39.8 Å². The Balaban J connectivity index is 1.58. The third kappa shape index (κ3) is 3.35. The molecule has 2 N–H and O–H groups in total. The molecule has 4 aliphatic rings. The number of hydrogen-bond acceptors (Lipinski definition) is 3. The maximum atomic E-state index is 13.2. The minimum absolute atomic E-state index is 0.0559.